The molecule has 0 spiro atoms. The van der Waals surface area contributed by atoms with E-state index in [4.69, 9.17) is 9.47 Å². The molecule has 0 unspecified atom stereocenters. The first-order valence-corrected chi connectivity index (χ1v) is 6.88. The minimum Gasteiger partial charge on any atom is -0.469 e. The van der Waals surface area contributed by atoms with Crippen molar-refractivity contribution in [3.63, 3.8) is 0 Å². The molecule has 2 aliphatic carbocycles. The van der Waals surface area contributed by atoms with Gasteiger partial charge in [0.1, 0.15) is 5.41 Å². The lowest BCUT2D eigenvalue weighted by atomic mass is 9.57. The molecule has 5 heteroatoms. The number of fused-ring (bicyclic) bond motifs is 1. The summed E-state index contributed by atoms with van der Waals surface area (Å²) >= 11 is 0. The molecule has 0 aromatic rings. The maximum Gasteiger partial charge on any atom is 0.316 e. The third-order valence-corrected chi connectivity index (χ3v) is 4.71. The molecule has 0 aliphatic heterocycles. The molecule has 1 fully saturated rings. The van der Waals surface area contributed by atoms with Crippen LogP contribution >= 0.6 is 0 Å². The molecule has 5 nitrogen and oxygen atoms in total. The van der Waals surface area contributed by atoms with Crippen LogP contribution in [0.15, 0.2) is 11.1 Å². The number of carbonyl (C=O) groups excluding carboxylic acids is 3. The molecular formula is C15H20O5. The van der Waals surface area contributed by atoms with Crippen LogP contribution in [0.5, 0.6) is 0 Å². The van der Waals surface area contributed by atoms with Crippen molar-refractivity contribution in [3.8, 4) is 0 Å². The summed E-state index contributed by atoms with van der Waals surface area (Å²) in [7, 11) is 2.65. The quantitative estimate of drug-likeness (QED) is 0.721. The first-order chi connectivity index (χ1) is 9.48. The van der Waals surface area contributed by atoms with E-state index in [9.17, 15) is 14.4 Å². The standard InChI is InChI=1S/C15H20O5/c1-9-10-5-4-6-11(13(17)19-2)15(10,14(18)20-3)8-7-12(9)16/h11H,4-8H2,1-3H3/t11-,15+/m1/s1. The van der Waals surface area contributed by atoms with Gasteiger partial charge in [-0.1, -0.05) is 0 Å². The molecule has 0 bridgehead atoms. The topological polar surface area (TPSA) is 69.7 Å². The minimum atomic E-state index is -1.00. The van der Waals surface area contributed by atoms with E-state index in [1.165, 1.54) is 14.2 Å². The zero-order valence-electron chi connectivity index (χ0n) is 12.2. The lowest BCUT2D eigenvalue weighted by Crippen LogP contribution is -2.50. The number of hydrogen-bond donors (Lipinski definition) is 0. The van der Waals surface area contributed by atoms with Crippen LogP contribution in [0, 0.1) is 11.3 Å². The highest BCUT2D eigenvalue weighted by atomic mass is 16.5. The molecule has 110 valence electrons. The zero-order chi connectivity index (χ0) is 14.9. The second kappa shape index (κ2) is 5.38. The molecule has 1 saturated carbocycles. The highest BCUT2D eigenvalue weighted by Gasteiger charge is 2.57. The SMILES string of the molecule is COC(=O)[C@H]1CCCC2=C(C)C(=O)CC[C@]21C(=O)OC. The Morgan fingerprint density at radius 2 is 1.90 bits per heavy atom. The van der Waals surface area contributed by atoms with Crippen LogP contribution in [0.25, 0.3) is 0 Å². The number of allylic oxidation sites excluding steroid dienone is 1. The number of rotatable bonds is 2. The second-order valence-corrected chi connectivity index (χ2v) is 5.46. The van der Waals surface area contributed by atoms with Crippen LogP contribution < -0.4 is 0 Å². The van der Waals surface area contributed by atoms with E-state index in [0.29, 0.717) is 24.8 Å². The Morgan fingerprint density at radius 1 is 1.20 bits per heavy atom. The maximum atomic E-state index is 12.4. The van der Waals surface area contributed by atoms with Gasteiger partial charge >= 0.3 is 11.9 Å². The summed E-state index contributed by atoms with van der Waals surface area (Å²) in [5.74, 6) is -1.30. The van der Waals surface area contributed by atoms with Crippen LogP contribution in [0.4, 0.5) is 0 Å². The van der Waals surface area contributed by atoms with E-state index in [1.54, 1.807) is 6.92 Å². The van der Waals surface area contributed by atoms with Gasteiger partial charge in [0.2, 0.25) is 0 Å². The van der Waals surface area contributed by atoms with Crippen LogP contribution in [-0.4, -0.2) is 31.9 Å². The molecule has 0 radical (unpaired) electrons. The van der Waals surface area contributed by atoms with E-state index in [2.05, 4.69) is 0 Å². The molecule has 0 aromatic heterocycles. The highest BCUT2D eigenvalue weighted by Crippen LogP contribution is 2.53. The predicted octanol–water partition coefficient (Wildman–Crippen LogP) is 1.80. The second-order valence-electron chi connectivity index (χ2n) is 5.46. The first-order valence-electron chi connectivity index (χ1n) is 6.88. The fourth-order valence-corrected chi connectivity index (χ4v) is 3.69. The summed E-state index contributed by atoms with van der Waals surface area (Å²) in [5, 5.41) is 0. The van der Waals surface area contributed by atoms with Gasteiger partial charge < -0.3 is 9.47 Å². The van der Waals surface area contributed by atoms with Gasteiger partial charge in [0.15, 0.2) is 5.78 Å². The summed E-state index contributed by atoms with van der Waals surface area (Å²) in [6.45, 7) is 1.74. The summed E-state index contributed by atoms with van der Waals surface area (Å²) in [5.41, 5.74) is 0.399. The highest BCUT2D eigenvalue weighted by molar-refractivity contribution is 6.01. The van der Waals surface area contributed by atoms with Crippen LogP contribution in [0.1, 0.15) is 39.0 Å². The smallest absolute Gasteiger partial charge is 0.316 e. The van der Waals surface area contributed by atoms with Crippen molar-refractivity contribution in [2.75, 3.05) is 14.2 Å². The van der Waals surface area contributed by atoms with Crippen LogP contribution in [0.3, 0.4) is 0 Å². The van der Waals surface area contributed by atoms with Crippen molar-refractivity contribution in [3.05, 3.63) is 11.1 Å². The van der Waals surface area contributed by atoms with Crippen molar-refractivity contribution in [2.45, 2.75) is 39.0 Å². The first kappa shape index (κ1) is 14.8. The van der Waals surface area contributed by atoms with Gasteiger partial charge in [0.05, 0.1) is 20.1 Å². The number of ether oxygens (including phenoxy) is 2. The molecule has 0 N–H and O–H groups in total. The number of Topliss-reactive ketones (excluding diaryl/α,β-unsaturated/α-hetero) is 1. The fourth-order valence-electron chi connectivity index (χ4n) is 3.69. The van der Waals surface area contributed by atoms with Crippen LogP contribution in [-0.2, 0) is 23.9 Å². The summed E-state index contributed by atoms with van der Waals surface area (Å²) < 4.78 is 9.83. The Morgan fingerprint density at radius 3 is 2.50 bits per heavy atom. The number of carbonyl (C=O) groups is 3. The van der Waals surface area contributed by atoms with Crippen molar-refractivity contribution in [1.29, 1.82) is 0 Å². The Kier molecular flexibility index (Phi) is 3.97. The number of hydrogen-bond acceptors (Lipinski definition) is 5. The number of esters is 2. The molecule has 0 aromatic carbocycles. The van der Waals surface area contributed by atoms with E-state index in [0.717, 1.165) is 12.0 Å². The number of methoxy groups -OCH3 is 2. The van der Waals surface area contributed by atoms with Crippen LogP contribution in [0.2, 0.25) is 0 Å². The van der Waals surface area contributed by atoms with Gasteiger partial charge in [0, 0.05) is 6.42 Å². The van der Waals surface area contributed by atoms with Gasteiger partial charge in [0.25, 0.3) is 0 Å². The van der Waals surface area contributed by atoms with Gasteiger partial charge in [-0.25, -0.2) is 0 Å². The average molecular weight is 280 g/mol. The minimum absolute atomic E-state index is 0.0602. The van der Waals surface area contributed by atoms with E-state index in [-0.39, 0.29) is 12.2 Å². The Bertz CT molecular complexity index is 490. The molecule has 0 saturated heterocycles. The van der Waals surface area contributed by atoms with Crippen molar-refractivity contribution >= 4 is 17.7 Å². The third-order valence-electron chi connectivity index (χ3n) is 4.71. The zero-order valence-corrected chi connectivity index (χ0v) is 12.2. The lowest BCUT2D eigenvalue weighted by molar-refractivity contribution is -0.167. The predicted molar refractivity (Wildman–Crippen MR) is 70.7 cm³/mol. The molecule has 2 rings (SSSR count). The van der Waals surface area contributed by atoms with Gasteiger partial charge in [-0.3, -0.25) is 14.4 Å². The van der Waals surface area contributed by atoms with E-state index in [1.807, 2.05) is 0 Å². The maximum absolute atomic E-state index is 12.4. The Labute approximate surface area is 118 Å². The van der Waals surface area contributed by atoms with Gasteiger partial charge in [-0.2, -0.15) is 0 Å². The van der Waals surface area contributed by atoms with Crippen molar-refractivity contribution < 1.29 is 23.9 Å². The van der Waals surface area contributed by atoms with Crippen molar-refractivity contribution in [2.24, 2.45) is 11.3 Å². The monoisotopic (exact) mass is 280 g/mol. The van der Waals surface area contributed by atoms with E-state index < -0.39 is 23.3 Å². The van der Waals surface area contributed by atoms with Gasteiger partial charge in [-0.05, 0) is 43.8 Å². The number of ketones is 1. The lowest BCUT2D eigenvalue weighted by Gasteiger charge is -2.45. The summed E-state index contributed by atoms with van der Waals surface area (Å²) in [6, 6.07) is 0. The molecule has 20 heavy (non-hydrogen) atoms. The molecule has 2 atom stereocenters. The van der Waals surface area contributed by atoms with E-state index >= 15 is 0 Å². The Hall–Kier alpha value is -1.65. The Balaban J connectivity index is 2.60. The van der Waals surface area contributed by atoms with Crippen molar-refractivity contribution in [1.82, 2.24) is 0 Å². The largest absolute Gasteiger partial charge is 0.469 e. The summed E-state index contributed by atoms with van der Waals surface area (Å²) in [4.78, 5) is 36.5. The normalized spacial score (nSPS) is 29.8. The molecule has 2 aliphatic rings. The third kappa shape index (κ3) is 1.96. The fraction of sp³-hybridized carbons (Fsp3) is 0.667. The molecular weight excluding hydrogens is 260 g/mol. The van der Waals surface area contributed by atoms with Gasteiger partial charge in [-0.15, -0.1) is 0 Å². The average Bonchev–Trinajstić information content (AvgIpc) is 2.48. The molecule has 0 heterocycles. The summed E-state index contributed by atoms with van der Waals surface area (Å²) in [6.07, 6.45) is 2.65. The molecule has 0 amide bonds.